The first-order valence-corrected chi connectivity index (χ1v) is 9.35. The summed E-state index contributed by atoms with van der Waals surface area (Å²) < 4.78 is 47.8. The van der Waals surface area contributed by atoms with Crippen LogP contribution in [0.5, 0.6) is 0 Å². The third kappa shape index (κ3) is 3.76. The number of anilines is 1. The molecule has 1 N–H and O–H groups in total. The number of benzene rings is 1. The standard InChI is InChI=1S/C12H16FNO3S2/c1-19(16,17)10-2-3-11(13)12(8-10)14-9-4-6-18(15)7-5-9/h2-3,8-9,14H,4-7H2,1H3. The summed E-state index contributed by atoms with van der Waals surface area (Å²) in [6, 6.07) is 3.77. The summed E-state index contributed by atoms with van der Waals surface area (Å²) in [5.41, 5.74) is 0.195. The van der Waals surface area contributed by atoms with Gasteiger partial charge in [0.1, 0.15) is 5.82 Å². The lowest BCUT2D eigenvalue weighted by atomic mass is 10.1. The van der Waals surface area contributed by atoms with Gasteiger partial charge in [-0.15, -0.1) is 0 Å². The molecule has 1 aromatic rings. The Morgan fingerprint density at radius 1 is 1.32 bits per heavy atom. The van der Waals surface area contributed by atoms with Crippen LogP contribution in [0, 0.1) is 5.82 Å². The lowest BCUT2D eigenvalue weighted by Gasteiger charge is -2.24. The topological polar surface area (TPSA) is 63.2 Å². The average molecular weight is 305 g/mol. The Hall–Kier alpha value is -0.950. The molecule has 7 heteroatoms. The van der Waals surface area contributed by atoms with E-state index < -0.39 is 26.5 Å². The van der Waals surface area contributed by atoms with Gasteiger partial charge in [-0.25, -0.2) is 12.8 Å². The van der Waals surface area contributed by atoms with Crippen LogP contribution < -0.4 is 5.32 Å². The first kappa shape index (κ1) is 14.5. The second-order valence-corrected chi connectivity index (χ2v) is 8.39. The van der Waals surface area contributed by atoms with Gasteiger partial charge in [0.05, 0.1) is 10.6 Å². The molecule has 0 saturated carbocycles. The van der Waals surface area contributed by atoms with Crippen molar-refractivity contribution in [3.8, 4) is 0 Å². The molecule has 0 radical (unpaired) electrons. The zero-order valence-electron chi connectivity index (χ0n) is 10.6. The average Bonchev–Trinajstić information content (AvgIpc) is 2.33. The van der Waals surface area contributed by atoms with Crippen molar-refractivity contribution < 1.29 is 17.0 Å². The maximum Gasteiger partial charge on any atom is 0.175 e. The third-order valence-corrected chi connectivity index (χ3v) is 5.61. The van der Waals surface area contributed by atoms with Crippen LogP contribution >= 0.6 is 0 Å². The fourth-order valence-electron chi connectivity index (χ4n) is 2.00. The van der Waals surface area contributed by atoms with E-state index in [9.17, 15) is 17.0 Å². The van der Waals surface area contributed by atoms with Crippen molar-refractivity contribution in [2.24, 2.45) is 0 Å². The molecule has 0 aromatic heterocycles. The predicted molar refractivity (Wildman–Crippen MR) is 74.0 cm³/mol. The summed E-state index contributed by atoms with van der Waals surface area (Å²) in [5, 5.41) is 3.01. The van der Waals surface area contributed by atoms with Crippen molar-refractivity contribution in [1.29, 1.82) is 0 Å². The van der Waals surface area contributed by atoms with Gasteiger partial charge in [-0.1, -0.05) is 0 Å². The summed E-state index contributed by atoms with van der Waals surface area (Å²) >= 11 is 0. The Morgan fingerprint density at radius 2 is 1.95 bits per heavy atom. The number of nitrogens with one attached hydrogen (secondary N) is 1. The van der Waals surface area contributed by atoms with Crippen LogP contribution in [0.4, 0.5) is 10.1 Å². The molecule has 4 nitrogen and oxygen atoms in total. The lowest BCUT2D eigenvalue weighted by Crippen LogP contribution is -2.29. The van der Waals surface area contributed by atoms with Crippen molar-refractivity contribution >= 4 is 26.3 Å². The van der Waals surface area contributed by atoms with Gasteiger partial charge in [0.25, 0.3) is 0 Å². The van der Waals surface area contributed by atoms with Gasteiger partial charge in [0.15, 0.2) is 9.84 Å². The Balaban J connectivity index is 2.18. The van der Waals surface area contributed by atoms with Crippen LogP contribution in [0.15, 0.2) is 23.1 Å². The molecule has 0 unspecified atom stereocenters. The van der Waals surface area contributed by atoms with Crippen LogP contribution in [0.1, 0.15) is 12.8 Å². The summed E-state index contributed by atoms with van der Waals surface area (Å²) in [6.45, 7) is 0. The maximum atomic E-state index is 13.7. The minimum Gasteiger partial charge on any atom is -0.380 e. The summed E-state index contributed by atoms with van der Waals surface area (Å²) in [7, 11) is -4.12. The lowest BCUT2D eigenvalue weighted by molar-refractivity contribution is 0.597. The molecule has 0 aliphatic carbocycles. The highest BCUT2D eigenvalue weighted by atomic mass is 32.2. The number of halogens is 1. The van der Waals surface area contributed by atoms with E-state index in [2.05, 4.69) is 5.32 Å². The second-order valence-electron chi connectivity index (χ2n) is 4.68. The fourth-order valence-corrected chi connectivity index (χ4v) is 3.95. The molecule has 1 fully saturated rings. The molecule has 2 rings (SSSR count). The quantitative estimate of drug-likeness (QED) is 0.861. The van der Waals surface area contributed by atoms with Gasteiger partial charge in [-0.05, 0) is 31.0 Å². The Morgan fingerprint density at radius 3 is 2.53 bits per heavy atom. The first-order chi connectivity index (χ1) is 8.86. The van der Waals surface area contributed by atoms with Gasteiger partial charge in [-0.3, -0.25) is 4.21 Å². The molecule has 0 bridgehead atoms. The Kier molecular flexibility index (Phi) is 4.25. The van der Waals surface area contributed by atoms with Crippen LogP contribution in [0.3, 0.4) is 0 Å². The molecule has 1 heterocycles. The number of hydrogen-bond acceptors (Lipinski definition) is 4. The molecule has 0 atom stereocenters. The van der Waals surface area contributed by atoms with E-state index in [0.29, 0.717) is 24.3 Å². The van der Waals surface area contributed by atoms with E-state index in [-0.39, 0.29) is 16.6 Å². The zero-order chi connectivity index (χ0) is 14.0. The van der Waals surface area contributed by atoms with E-state index in [1.165, 1.54) is 12.1 Å². The van der Waals surface area contributed by atoms with Crippen molar-refractivity contribution in [2.75, 3.05) is 23.1 Å². The van der Waals surface area contributed by atoms with Gasteiger partial charge in [-0.2, -0.15) is 0 Å². The van der Waals surface area contributed by atoms with Gasteiger partial charge in [0.2, 0.25) is 0 Å². The first-order valence-electron chi connectivity index (χ1n) is 5.97. The summed E-state index contributed by atoms with van der Waals surface area (Å²) in [4.78, 5) is 0.0933. The smallest absolute Gasteiger partial charge is 0.175 e. The predicted octanol–water partition coefficient (Wildman–Crippen LogP) is 1.55. The van der Waals surface area contributed by atoms with Gasteiger partial charge in [0, 0.05) is 34.6 Å². The van der Waals surface area contributed by atoms with E-state index in [4.69, 9.17) is 0 Å². The molecule has 0 spiro atoms. The summed E-state index contributed by atoms with van der Waals surface area (Å²) in [6.07, 6.45) is 2.50. The number of rotatable bonds is 3. The van der Waals surface area contributed by atoms with E-state index in [1.807, 2.05) is 0 Å². The molecule has 1 aromatic carbocycles. The molecule has 0 amide bonds. The van der Waals surface area contributed by atoms with Crippen molar-refractivity contribution in [2.45, 2.75) is 23.8 Å². The number of sulfone groups is 1. The van der Waals surface area contributed by atoms with Crippen LogP contribution in [-0.2, 0) is 20.6 Å². The molecular formula is C12H16FNO3S2. The minimum atomic E-state index is -3.35. The zero-order valence-corrected chi connectivity index (χ0v) is 12.2. The van der Waals surface area contributed by atoms with Crippen molar-refractivity contribution in [3.05, 3.63) is 24.0 Å². The molecular weight excluding hydrogens is 289 g/mol. The Labute approximate surface area is 114 Å². The SMILES string of the molecule is CS(=O)(=O)c1ccc(F)c(NC2CCS(=O)CC2)c1. The van der Waals surface area contributed by atoms with Crippen LogP contribution in [0.2, 0.25) is 0 Å². The van der Waals surface area contributed by atoms with Gasteiger partial charge >= 0.3 is 0 Å². The molecule has 1 aliphatic rings. The normalized spacial score (nSPS) is 24.1. The Bertz CT molecular complexity index is 591. The van der Waals surface area contributed by atoms with Gasteiger partial charge < -0.3 is 5.32 Å². The molecule has 1 aliphatic heterocycles. The van der Waals surface area contributed by atoms with Crippen molar-refractivity contribution in [1.82, 2.24) is 0 Å². The van der Waals surface area contributed by atoms with E-state index in [1.54, 1.807) is 0 Å². The van der Waals surface area contributed by atoms with Crippen LogP contribution in [0.25, 0.3) is 0 Å². The van der Waals surface area contributed by atoms with Crippen molar-refractivity contribution in [3.63, 3.8) is 0 Å². The maximum absolute atomic E-state index is 13.7. The highest BCUT2D eigenvalue weighted by Gasteiger charge is 2.19. The van der Waals surface area contributed by atoms with Crippen LogP contribution in [-0.4, -0.2) is 36.4 Å². The summed E-state index contributed by atoms with van der Waals surface area (Å²) in [5.74, 6) is 0.731. The van der Waals surface area contributed by atoms with E-state index in [0.717, 1.165) is 12.3 Å². The second kappa shape index (κ2) is 5.58. The largest absolute Gasteiger partial charge is 0.380 e. The third-order valence-electron chi connectivity index (χ3n) is 3.11. The van der Waals surface area contributed by atoms with E-state index >= 15 is 0 Å². The minimum absolute atomic E-state index is 0.0435. The molecule has 106 valence electrons. The highest BCUT2D eigenvalue weighted by molar-refractivity contribution is 7.90. The highest BCUT2D eigenvalue weighted by Crippen LogP contribution is 2.22. The monoisotopic (exact) mass is 305 g/mol. The molecule has 19 heavy (non-hydrogen) atoms. The number of hydrogen-bond donors (Lipinski definition) is 1. The fraction of sp³-hybridized carbons (Fsp3) is 0.500. The molecule has 1 saturated heterocycles.